The average molecular weight is 370 g/mol. The molecule has 21 heavy (non-hydrogen) atoms. The maximum atomic E-state index is 5.44. The number of hydrogen-bond donors (Lipinski definition) is 1. The quantitative estimate of drug-likeness (QED) is 0.810. The first-order chi connectivity index (χ1) is 10.1. The van der Waals surface area contributed by atoms with E-state index in [1.165, 1.54) is 16.7 Å². The molecule has 0 aliphatic carbocycles. The highest BCUT2D eigenvalue weighted by Gasteiger charge is 2.19. The minimum Gasteiger partial charge on any atom is -0.493 e. The Hall–Kier alpha value is -1.04. The van der Waals surface area contributed by atoms with Crippen LogP contribution in [0.4, 0.5) is 0 Å². The Kier molecular flexibility index (Phi) is 5.67. The minimum atomic E-state index is 0.150. The van der Waals surface area contributed by atoms with Crippen LogP contribution in [-0.2, 0) is 0 Å². The molecule has 0 spiro atoms. The molecule has 3 nitrogen and oxygen atoms in total. The number of methoxy groups -OCH3 is 2. The maximum absolute atomic E-state index is 5.44. The van der Waals surface area contributed by atoms with E-state index in [1.807, 2.05) is 6.07 Å². The first-order valence-electron chi connectivity index (χ1n) is 6.80. The minimum absolute atomic E-state index is 0.150. The lowest BCUT2D eigenvalue weighted by Crippen LogP contribution is -2.22. The zero-order chi connectivity index (χ0) is 15.4. The molecule has 114 valence electrons. The first-order valence-corrected chi connectivity index (χ1v) is 8.47. The SMILES string of the molecule is CCNC(c1csc(Br)c1)c1cc(OC)c(OC)cc1C. The zero-order valence-electron chi connectivity index (χ0n) is 12.7. The highest BCUT2D eigenvalue weighted by atomic mass is 79.9. The molecule has 0 fully saturated rings. The van der Waals surface area contributed by atoms with Crippen LogP contribution < -0.4 is 14.8 Å². The van der Waals surface area contributed by atoms with Gasteiger partial charge in [-0.1, -0.05) is 6.92 Å². The van der Waals surface area contributed by atoms with E-state index in [0.717, 1.165) is 21.8 Å². The van der Waals surface area contributed by atoms with Crippen molar-refractivity contribution in [2.75, 3.05) is 20.8 Å². The molecule has 1 aromatic carbocycles. The summed E-state index contributed by atoms with van der Waals surface area (Å²) in [5.74, 6) is 1.52. The van der Waals surface area contributed by atoms with Gasteiger partial charge in [0, 0.05) is 0 Å². The van der Waals surface area contributed by atoms with E-state index < -0.39 is 0 Å². The van der Waals surface area contributed by atoms with Gasteiger partial charge in [-0.25, -0.2) is 0 Å². The summed E-state index contributed by atoms with van der Waals surface area (Å²) < 4.78 is 12.0. The Balaban J connectivity index is 2.49. The van der Waals surface area contributed by atoms with Gasteiger partial charge in [0.2, 0.25) is 0 Å². The van der Waals surface area contributed by atoms with Gasteiger partial charge < -0.3 is 14.8 Å². The second-order valence-corrected chi connectivity index (χ2v) is 7.03. The highest BCUT2D eigenvalue weighted by molar-refractivity contribution is 9.11. The maximum Gasteiger partial charge on any atom is 0.161 e. The monoisotopic (exact) mass is 369 g/mol. The van der Waals surface area contributed by atoms with Gasteiger partial charge in [0.1, 0.15) is 0 Å². The standard InChI is InChI=1S/C16H20BrNO2S/c1-5-18-16(11-7-15(17)21-9-11)12-8-14(20-4)13(19-3)6-10(12)2/h6-9,16,18H,5H2,1-4H3. The molecule has 0 saturated carbocycles. The number of halogens is 1. The van der Waals surface area contributed by atoms with Crippen molar-refractivity contribution in [2.24, 2.45) is 0 Å². The van der Waals surface area contributed by atoms with Crippen LogP contribution in [0.1, 0.15) is 29.7 Å². The van der Waals surface area contributed by atoms with Crippen molar-refractivity contribution in [1.29, 1.82) is 0 Å². The third kappa shape index (κ3) is 3.59. The second-order valence-electron chi connectivity index (χ2n) is 4.74. The van der Waals surface area contributed by atoms with Crippen LogP contribution in [0, 0.1) is 6.92 Å². The number of nitrogens with one attached hydrogen (secondary N) is 1. The van der Waals surface area contributed by atoms with Gasteiger partial charge in [0.05, 0.1) is 24.0 Å². The summed E-state index contributed by atoms with van der Waals surface area (Å²) in [4.78, 5) is 0. The predicted octanol–water partition coefficient (Wildman–Crippen LogP) is 4.54. The highest BCUT2D eigenvalue weighted by Crippen LogP contribution is 2.36. The van der Waals surface area contributed by atoms with Gasteiger partial charge in [0.25, 0.3) is 0 Å². The van der Waals surface area contributed by atoms with E-state index in [2.05, 4.69) is 52.6 Å². The summed E-state index contributed by atoms with van der Waals surface area (Å²) in [7, 11) is 3.33. The molecule has 0 radical (unpaired) electrons. The van der Waals surface area contributed by atoms with Gasteiger partial charge in [0.15, 0.2) is 11.5 Å². The third-order valence-corrected chi connectivity index (χ3v) is 4.94. The Bertz CT molecular complexity index is 612. The molecule has 1 N–H and O–H groups in total. The number of rotatable bonds is 6. The molecule has 5 heteroatoms. The second kappa shape index (κ2) is 7.29. The van der Waals surface area contributed by atoms with E-state index in [1.54, 1.807) is 25.6 Å². The van der Waals surface area contributed by atoms with Crippen LogP contribution in [0.5, 0.6) is 11.5 Å². The smallest absolute Gasteiger partial charge is 0.161 e. The van der Waals surface area contributed by atoms with Crippen LogP contribution >= 0.6 is 27.3 Å². The van der Waals surface area contributed by atoms with E-state index >= 15 is 0 Å². The number of thiophene rings is 1. The lowest BCUT2D eigenvalue weighted by Gasteiger charge is -2.21. The van der Waals surface area contributed by atoms with Gasteiger partial charge in [-0.05, 0) is 69.7 Å². The van der Waals surface area contributed by atoms with Crippen molar-refractivity contribution in [3.05, 3.63) is 44.1 Å². The van der Waals surface area contributed by atoms with Crippen molar-refractivity contribution in [1.82, 2.24) is 5.32 Å². The van der Waals surface area contributed by atoms with Crippen LogP contribution in [0.15, 0.2) is 27.4 Å². The number of ether oxygens (including phenoxy) is 2. The number of benzene rings is 1. The van der Waals surface area contributed by atoms with Crippen LogP contribution in [0.2, 0.25) is 0 Å². The molecule has 1 unspecified atom stereocenters. The Morgan fingerprint density at radius 3 is 2.38 bits per heavy atom. The summed E-state index contributed by atoms with van der Waals surface area (Å²) in [6, 6.07) is 6.40. The molecule has 1 aromatic heterocycles. The summed E-state index contributed by atoms with van der Waals surface area (Å²) in [6.45, 7) is 5.11. The summed E-state index contributed by atoms with van der Waals surface area (Å²) in [6.07, 6.45) is 0. The van der Waals surface area contributed by atoms with E-state index in [9.17, 15) is 0 Å². The van der Waals surface area contributed by atoms with Gasteiger partial charge >= 0.3 is 0 Å². The van der Waals surface area contributed by atoms with Crippen molar-refractivity contribution >= 4 is 27.3 Å². The summed E-state index contributed by atoms with van der Waals surface area (Å²) in [5.41, 5.74) is 3.64. The fourth-order valence-electron chi connectivity index (χ4n) is 2.39. The van der Waals surface area contributed by atoms with Gasteiger partial charge in [-0.2, -0.15) is 0 Å². The Morgan fingerprint density at radius 2 is 1.86 bits per heavy atom. The lowest BCUT2D eigenvalue weighted by atomic mass is 9.96. The molecular weight excluding hydrogens is 350 g/mol. The van der Waals surface area contributed by atoms with E-state index in [-0.39, 0.29) is 6.04 Å². The Morgan fingerprint density at radius 1 is 1.19 bits per heavy atom. The van der Waals surface area contributed by atoms with Gasteiger partial charge in [-0.3, -0.25) is 0 Å². The summed E-state index contributed by atoms with van der Waals surface area (Å²) in [5, 5.41) is 5.72. The molecule has 0 saturated heterocycles. The summed E-state index contributed by atoms with van der Waals surface area (Å²) >= 11 is 5.24. The van der Waals surface area contributed by atoms with Crippen molar-refractivity contribution in [2.45, 2.75) is 19.9 Å². The molecule has 0 aliphatic rings. The molecular formula is C16H20BrNO2S. The largest absolute Gasteiger partial charge is 0.493 e. The molecule has 1 heterocycles. The van der Waals surface area contributed by atoms with Crippen molar-refractivity contribution in [3.63, 3.8) is 0 Å². The van der Waals surface area contributed by atoms with E-state index in [4.69, 9.17) is 9.47 Å². The fourth-order valence-corrected chi connectivity index (χ4v) is 3.60. The average Bonchev–Trinajstić information content (AvgIpc) is 2.91. The van der Waals surface area contributed by atoms with Crippen LogP contribution in [0.25, 0.3) is 0 Å². The van der Waals surface area contributed by atoms with Crippen molar-refractivity contribution in [3.8, 4) is 11.5 Å². The fraction of sp³-hybridized carbons (Fsp3) is 0.375. The number of aryl methyl sites for hydroxylation is 1. The topological polar surface area (TPSA) is 30.5 Å². The van der Waals surface area contributed by atoms with Crippen molar-refractivity contribution < 1.29 is 9.47 Å². The lowest BCUT2D eigenvalue weighted by molar-refractivity contribution is 0.354. The number of hydrogen-bond acceptors (Lipinski definition) is 4. The third-order valence-electron chi connectivity index (χ3n) is 3.41. The molecule has 2 aromatic rings. The van der Waals surface area contributed by atoms with Crippen LogP contribution in [0.3, 0.4) is 0 Å². The Labute approximate surface area is 138 Å². The molecule has 1 atom stereocenters. The molecule has 0 aliphatic heterocycles. The predicted molar refractivity (Wildman–Crippen MR) is 91.8 cm³/mol. The molecule has 0 bridgehead atoms. The van der Waals surface area contributed by atoms with Gasteiger partial charge in [-0.15, -0.1) is 11.3 Å². The zero-order valence-corrected chi connectivity index (χ0v) is 15.1. The molecule has 0 amide bonds. The normalized spacial score (nSPS) is 12.2. The van der Waals surface area contributed by atoms with Crippen LogP contribution in [-0.4, -0.2) is 20.8 Å². The molecule has 2 rings (SSSR count). The first kappa shape index (κ1) is 16.3. The van der Waals surface area contributed by atoms with E-state index in [0.29, 0.717) is 0 Å².